The van der Waals surface area contributed by atoms with Crippen molar-refractivity contribution in [3.63, 3.8) is 0 Å². The lowest BCUT2D eigenvalue weighted by molar-refractivity contribution is 0.670. The van der Waals surface area contributed by atoms with Crippen LogP contribution in [0, 0.1) is 0 Å². The molecule has 7 heteroatoms. The van der Waals surface area contributed by atoms with Crippen LogP contribution >= 0.6 is 11.6 Å². The van der Waals surface area contributed by atoms with E-state index in [4.69, 9.17) is 11.6 Å². The topological polar surface area (TPSA) is 61.8 Å². The highest BCUT2D eigenvalue weighted by Crippen LogP contribution is 2.04. The van der Waals surface area contributed by atoms with Crippen molar-refractivity contribution in [2.45, 2.75) is 6.54 Å². The van der Waals surface area contributed by atoms with E-state index in [0.29, 0.717) is 17.9 Å². The third-order valence-electron chi connectivity index (χ3n) is 2.50. The maximum absolute atomic E-state index is 11.8. The van der Waals surface area contributed by atoms with Crippen molar-refractivity contribution in [2.75, 3.05) is 5.88 Å². The molecule has 0 unspecified atom stereocenters. The van der Waals surface area contributed by atoms with Gasteiger partial charge in [-0.2, -0.15) is 5.10 Å². The van der Waals surface area contributed by atoms with E-state index in [0.717, 1.165) is 4.57 Å². The zero-order valence-corrected chi connectivity index (χ0v) is 9.73. The first-order valence-corrected chi connectivity index (χ1v) is 5.29. The summed E-state index contributed by atoms with van der Waals surface area (Å²) in [7, 11) is 3.04. The van der Waals surface area contributed by atoms with Crippen LogP contribution in [-0.2, 0) is 20.6 Å². The van der Waals surface area contributed by atoms with Gasteiger partial charge in [0.2, 0.25) is 0 Å². The quantitative estimate of drug-likeness (QED) is 0.678. The SMILES string of the molecule is Cn1c(=O)c2nn(CCCl)cc2n(C)c1=O. The Hall–Kier alpha value is -1.56. The molecule has 0 bridgehead atoms. The van der Waals surface area contributed by atoms with Gasteiger partial charge in [0.25, 0.3) is 5.56 Å². The van der Waals surface area contributed by atoms with Gasteiger partial charge < -0.3 is 0 Å². The highest BCUT2D eigenvalue weighted by atomic mass is 35.5. The van der Waals surface area contributed by atoms with Crippen LogP contribution in [0.1, 0.15) is 0 Å². The second kappa shape index (κ2) is 3.79. The molecule has 0 radical (unpaired) electrons. The summed E-state index contributed by atoms with van der Waals surface area (Å²) in [5.41, 5.74) is 0.0716. The smallest absolute Gasteiger partial charge is 0.293 e. The lowest BCUT2D eigenvalue weighted by Gasteiger charge is -2.00. The molecule has 2 rings (SSSR count). The third kappa shape index (κ3) is 1.46. The third-order valence-corrected chi connectivity index (χ3v) is 2.67. The predicted molar refractivity (Wildman–Crippen MR) is 60.9 cm³/mol. The van der Waals surface area contributed by atoms with E-state index in [-0.39, 0.29) is 16.8 Å². The molecule has 0 atom stereocenters. The number of hydrogen-bond donors (Lipinski definition) is 0. The number of rotatable bonds is 2. The van der Waals surface area contributed by atoms with Gasteiger partial charge in [0.1, 0.15) is 0 Å². The zero-order valence-electron chi connectivity index (χ0n) is 8.97. The molecule has 0 saturated carbocycles. The zero-order chi connectivity index (χ0) is 11.9. The first kappa shape index (κ1) is 10.9. The summed E-state index contributed by atoms with van der Waals surface area (Å²) in [5, 5.41) is 4.10. The van der Waals surface area contributed by atoms with Gasteiger partial charge in [-0.25, -0.2) is 4.79 Å². The van der Waals surface area contributed by atoms with Crippen LogP contribution < -0.4 is 11.2 Å². The fourth-order valence-corrected chi connectivity index (χ4v) is 1.76. The molecule has 2 aromatic heterocycles. The maximum Gasteiger partial charge on any atom is 0.331 e. The number of halogens is 1. The van der Waals surface area contributed by atoms with Gasteiger partial charge in [-0.3, -0.25) is 18.6 Å². The molecule has 0 aliphatic rings. The van der Waals surface area contributed by atoms with Crippen LogP contribution in [0.25, 0.3) is 11.0 Å². The number of fused-ring (bicyclic) bond motifs is 1. The number of aryl methyl sites for hydroxylation is 2. The first-order chi connectivity index (χ1) is 7.56. The van der Waals surface area contributed by atoms with Crippen LogP contribution in [0.2, 0.25) is 0 Å². The summed E-state index contributed by atoms with van der Waals surface area (Å²) >= 11 is 5.59. The molecule has 0 aliphatic heterocycles. The minimum Gasteiger partial charge on any atom is -0.293 e. The van der Waals surface area contributed by atoms with Crippen molar-refractivity contribution in [3.05, 3.63) is 27.0 Å². The first-order valence-electron chi connectivity index (χ1n) is 4.75. The molecule has 2 heterocycles. The van der Waals surface area contributed by atoms with Crippen molar-refractivity contribution in [1.82, 2.24) is 18.9 Å². The van der Waals surface area contributed by atoms with Gasteiger partial charge in [-0.15, -0.1) is 11.6 Å². The van der Waals surface area contributed by atoms with Crippen LogP contribution in [0.15, 0.2) is 15.8 Å². The summed E-state index contributed by atoms with van der Waals surface area (Å²) in [6.07, 6.45) is 1.65. The van der Waals surface area contributed by atoms with E-state index in [9.17, 15) is 9.59 Å². The Morgan fingerprint density at radius 3 is 2.62 bits per heavy atom. The number of hydrogen-bond acceptors (Lipinski definition) is 3. The summed E-state index contributed by atoms with van der Waals surface area (Å²) in [5.74, 6) is 0.405. The van der Waals surface area contributed by atoms with Gasteiger partial charge in [-0.1, -0.05) is 0 Å². The highest BCUT2D eigenvalue weighted by Gasteiger charge is 2.11. The molecule has 16 heavy (non-hydrogen) atoms. The number of nitrogens with zero attached hydrogens (tertiary/aromatic N) is 4. The van der Waals surface area contributed by atoms with E-state index in [1.54, 1.807) is 17.9 Å². The largest absolute Gasteiger partial charge is 0.331 e. The fourth-order valence-electron chi connectivity index (χ4n) is 1.58. The molecular weight excluding hydrogens is 232 g/mol. The Bertz CT molecular complexity index is 652. The monoisotopic (exact) mass is 242 g/mol. The molecule has 2 aromatic rings. The van der Waals surface area contributed by atoms with Gasteiger partial charge in [-0.05, 0) is 0 Å². The molecule has 0 aromatic carbocycles. The van der Waals surface area contributed by atoms with Gasteiger partial charge in [0.05, 0.1) is 12.1 Å². The molecular formula is C9H11ClN4O2. The number of alkyl halides is 1. The lowest BCUT2D eigenvalue weighted by atomic mass is 10.4. The van der Waals surface area contributed by atoms with Crippen molar-refractivity contribution in [2.24, 2.45) is 14.1 Å². The van der Waals surface area contributed by atoms with E-state index in [1.807, 2.05) is 0 Å². The van der Waals surface area contributed by atoms with Gasteiger partial charge in [0, 0.05) is 26.2 Å². The van der Waals surface area contributed by atoms with E-state index >= 15 is 0 Å². The second-order valence-electron chi connectivity index (χ2n) is 3.52. The van der Waals surface area contributed by atoms with E-state index < -0.39 is 0 Å². The average Bonchev–Trinajstić information content (AvgIpc) is 2.68. The Morgan fingerprint density at radius 1 is 1.31 bits per heavy atom. The standard InChI is InChI=1S/C9H11ClN4O2/c1-12-6-5-14(4-3-10)11-7(6)8(15)13(2)9(12)16/h5H,3-4H2,1-2H3. The van der Waals surface area contributed by atoms with Crippen molar-refractivity contribution >= 4 is 22.6 Å². The Labute approximate surface area is 95.7 Å². The molecule has 0 N–H and O–H groups in total. The average molecular weight is 243 g/mol. The van der Waals surface area contributed by atoms with Crippen LogP contribution in [0.3, 0.4) is 0 Å². The maximum atomic E-state index is 11.8. The Balaban J connectivity index is 2.87. The molecule has 86 valence electrons. The molecule has 0 amide bonds. The van der Waals surface area contributed by atoms with Crippen LogP contribution in [0.4, 0.5) is 0 Å². The molecule has 6 nitrogen and oxygen atoms in total. The second-order valence-corrected chi connectivity index (χ2v) is 3.90. The fraction of sp³-hybridized carbons (Fsp3) is 0.444. The Kier molecular flexibility index (Phi) is 2.59. The minimum absolute atomic E-state index is 0.287. The van der Waals surface area contributed by atoms with Crippen LogP contribution in [-0.4, -0.2) is 24.8 Å². The lowest BCUT2D eigenvalue weighted by Crippen LogP contribution is -2.36. The summed E-state index contributed by atoms with van der Waals surface area (Å²) < 4.78 is 4.01. The number of aromatic nitrogens is 4. The van der Waals surface area contributed by atoms with Crippen molar-refractivity contribution in [3.8, 4) is 0 Å². The van der Waals surface area contributed by atoms with Gasteiger partial charge >= 0.3 is 5.69 Å². The Morgan fingerprint density at radius 2 is 2.00 bits per heavy atom. The predicted octanol–water partition coefficient (Wildman–Crippen LogP) is -0.328. The van der Waals surface area contributed by atoms with E-state index in [2.05, 4.69) is 5.10 Å². The molecule has 0 fully saturated rings. The van der Waals surface area contributed by atoms with Gasteiger partial charge in [0.15, 0.2) is 5.52 Å². The van der Waals surface area contributed by atoms with E-state index in [1.165, 1.54) is 11.6 Å². The highest BCUT2D eigenvalue weighted by molar-refractivity contribution is 6.17. The molecule has 0 aliphatic carbocycles. The minimum atomic E-state index is -0.383. The van der Waals surface area contributed by atoms with Crippen molar-refractivity contribution in [1.29, 1.82) is 0 Å². The molecule has 0 spiro atoms. The normalized spacial score (nSPS) is 11.2. The summed E-state index contributed by atoms with van der Waals surface area (Å²) in [4.78, 5) is 23.4. The summed E-state index contributed by atoms with van der Waals surface area (Å²) in [6.45, 7) is 0.508. The van der Waals surface area contributed by atoms with Crippen molar-refractivity contribution < 1.29 is 0 Å². The summed E-state index contributed by atoms with van der Waals surface area (Å²) in [6, 6.07) is 0. The molecule has 0 saturated heterocycles. The van der Waals surface area contributed by atoms with Crippen LogP contribution in [0.5, 0.6) is 0 Å².